The second-order valence-electron chi connectivity index (χ2n) is 4.33. The first-order valence-electron chi connectivity index (χ1n) is 5.80. The second-order valence-corrected chi connectivity index (χ2v) is 4.33. The van der Waals surface area contributed by atoms with Crippen molar-refractivity contribution in [1.82, 2.24) is 4.90 Å². The molecule has 0 aliphatic carbocycles. The van der Waals surface area contributed by atoms with Crippen molar-refractivity contribution in [2.45, 2.75) is 25.3 Å². The van der Waals surface area contributed by atoms with E-state index in [4.69, 9.17) is 5.73 Å². The van der Waals surface area contributed by atoms with Crippen LogP contribution in [0.25, 0.3) is 0 Å². The van der Waals surface area contributed by atoms with Gasteiger partial charge in [-0.3, -0.25) is 4.79 Å². The number of carbonyl (C=O) groups is 1. The van der Waals surface area contributed by atoms with Crippen molar-refractivity contribution in [2.24, 2.45) is 5.73 Å². The van der Waals surface area contributed by atoms with E-state index >= 15 is 0 Å². The van der Waals surface area contributed by atoms with Crippen molar-refractivity contribution in [2.75, 3.05) is 13.1 Å². The number of amides is 1. The van der Waals surface area contributed by atoms with Gasteiger partial charge >= 0.3 is 0 Å². The minimum absolute atomic E-state index is 0.0675. The summed E-state index contributed by atoms with van der Waals surface area (Å²) in [4.78, 5) is 13.5. The van der Waals surface area contributed by atoms with Crippen molar-refractivity contribution in [3.8, 4) is 0 Å². The highest BCUT2D eigenvalue weighted by Crippen LogP contribution is 2.26. The molecule has 3 heteroatoms. The maximum atomic E-state index is 11.6. The van der Waals surface area contributed by atoms with E-state index in [0.717, 1.165) is 6.54 Å². The third-order valence-corrected chi connectivity index (χ3v) is 3.25. The molecule has 1 aromatic carbocycles. The molecular formula is C13H18N2O. The van der Waals surface area contributed by atoms with Crippen LogP contribution in [0.2, 0.25) is 0 Å². The molecule has 1 aliphatic rings. The molecule has 3 nitrogen and oxygen atoms in total. The molecule has 1 heterocycles. The van der Waals surface area contributed by atoms with Crippen LogP contribution in [0.3, 0.4) is 0 Å². The molecule has 0 saturated carbocycles. The van der Waals surface area contributed by atoms with E-state index in [1.165, 1.54) is 5.56 Å². The van der Waals surface area contributed by atoms with E-state index < -0.39 is 0 Å². The van der Waals surface area contributed by atoms with Crippen LogP contribution in [0.4, 0.5) is 0 Å². The number of rotatable bonds is 2. The third kappa shape index (κ3) is 2.09. The van der Waals surface area contributed by atoms with Crippen molar-refractivity contribution in [3.63, 3.8) is 0 Å². The summed E-state index contributed by atoms with van der Waals surface area (Å²) >= 11 is 0. The highest BCUT2D eigenvalue weighted by molar-refractivity contribution is 5.76. The lowest BCUT2D eigenvalue weighted by Crippen LogP contribution is -2.31. The van der Waals surface area contributed by atoms with Gasteiger partial charge in [-0.25, -0.2) is 0 Å². The average Bonchev–Trinajstić information content (AvgIpc) is 2.71. The van der Waals surface area contributed by atoms with Gasteiger partial charge in [-0.2, -0.15) is 0 Å². The Kier molecular flexibility index (Phi) is 3.25. The van der Waals surface area contributed by atoms with E-state index in [9.17, 15) is 4.79 Å². The molecule has 0 unspecified atom stereocenters. The summed E-state index contributed by atoms with van der Waals surface area (Å²) in [6.45, 7) is 3.34. The van der Waals surface area contributed by atoms with Crippen LogP contribution in [0.15, 0.2) is 30.3 Å². The lowest BCUT2D eigenvalue weighted by atomic mass is 9.95. The Hall–Kier alpha value is -1.35. The molecule has 1 aromatic rings. The topological polar surface area (TPSA) is 46.3 Å². The van der Waals surface area contributed by atoms with Gasteiger partial charge < -0.3 is 10.6 Å². The Labute approximate surface area is 96.2 Å². The number of nitrogens with zero attached hydrogens (tertiary/aromatic N) is 1. The standard InChI is InChI=1S/C13H18N2O/c1-2-13(16)15-8-11(12(14)9-15)10-6-4-3-5-7-10/h3-7,11-12H,2,8-9,14H2,1H3/t11-,12+/m0/s1. The number of benzene rings is 1. The first-order valence-corrected chi connectivity index (χ1v) is 5.80. The molecule has 2 rings (SSSR count). The van der Waals surface area contributed by atoms with Gasteiger partial charge in [0.1, 0.15) is 0 Å². The van der Waals surface area contributed by atoms with Crippen molar-refractivity contribution in [3.05, 3.63) is 35.9 Å². The smallest absolute Gasteiger partial charge is 0.222 e. The fourth-order valence-corrected chi connectivity index (χ4v) is 2.31. The normalized spacial score (nSPS) is 24.8. The van der Waals surface area contributed by atoms with Crippen LogP contribution in [0.1, 0.15) is 24.8 Å². The lowest BCUT2D eigenvalue weighted by molar-refractivity contribution is -0.129. The Morgan fingerprint density at radius 1 is 1.38 bits per heavy atom. The van der Waals surface area contributed by atoms with E-state index in [1.54, 1.807) is 0 Å². The summed E-state index contributed by atoms with van der Waals surface area (Å²) in [5, 5.41) is 0. The summed E-state index contributed by atoms with van der Waals surface area (Å²) in [6, 6.07) is 10.3. The highest BCUT2D eigenvalue weighted by Gasteiger charge is 2.32. The number of carbonyl (C=O) groups excluding carboxylic acids is 1. The van der Waals surface area contributed by atoms with Crippen LogP contribution in [-0.2, 0) is 4.79 Å². The predicted molar refractivity (Wildman–Crippen MR) is 64.0 cm³/mol. The van der Waals surface area contributed by atoms with Crippen molar-refractivity contribution >= 4 is 5.91 Å². The molecule has 16 heavy (non-hydrogen) atoms. The van der Waals surface area contributed by atoms with Gasteiger partial charge in [-0.15, -0.1) is 0 Å². The number of nitrogens with two attached hydrogens (primary N) is 1. The molecule has 0 bridgehead atoms. The zero-order chi connectivity index (χ0) is 11.5. The van der Waals surface area contributed by atoms with Gasteiger partial charge in [-0.1, -0.05) is 37.3 Å². The molecule has 0 radical (unpaired) electrons. The maximum Gasteiger partial charge on any atom is 0.222 e. The maximum absolute atomic E-state index is 11.6. The molecule has 0 aromatic heterocycles. The molecule has 1 saturated heterocycles. The molecule has 86 valence electrons. The van der Waals surface area contributed by atoms with Crippen molar-refractivity contribution < 1.29 is 4.79 Å². The number of likely N-dealkylation sites (tertiary alicyclic amines) is 1. The summed E-state index contributed by atoms with van der Waals surface area (Å²) in [7, 11) is 0. The Morgan fingerprint density at radius 3 is 2.69 bits per heavy atom. The van der Waals surface area contributed by atoms with E-state index in [1.807, 2.05) is 30.0 Å². The molecule has 2 atom stereocenters. The van der Waals surface area contributed by atoms with Gasteiger partial charge in [0.05, 0.1) is 0 Å². The van der Waals surface area contributed by atoms with Crippen LogP contribution in [0, 0.1) is 0 Å². The van der Waals surface area contributed by atoms with Crippen LogP contribution < -0.4 is 5.73 Å². The first-order chi connectivity index (χ1) is 7.72. The fraction of sp³-hybridized carbons (Fsp3) is 0.462. The van der Waals surface area contributed by atoms with Crippen molar-refractivity contribution in [1.29, 1.82) is 0 Å². The van der Waals surface area contributed by atoms with E-state index in [-0.39, 0.29) is 17.9 Å². The molecule has 2 N–H and O–H groups in total. The van der Waals surface area contributed by atoms with Gasteiger partial charge in [-0.05, 0) is 5.56 Å². The molecule has 1 amide bonds. The quantitative estimate of drug-likeness (QED) is 0.814. The molecular weight excluding hydrogens is 200 g/mol. The van der Waals surface area contributed by atoms with E-state index in [2.05, 4.69) is 12.1 Å². The fourth-order valence-electron chi connectivity index (χ4n) is 2.31. The Morgan fingerprint density at radius 2 is 2.06 bits per heavy atom. The van der Waals surface area contributed by atoms with E-state index in [0.29, 0.717) is 13.0 Å². The van der Waals surface area contributed by atoms with Crippen LogP contribution in [0.5, 0.6) is 0 Å². The van der Waals surface area contributed by atoms with Crippen LogP contribution >= 0.6 is 0 Å². The largest absolute Gasteiger partial charge is 0.340 e. The average molecular weight is 218 g/mol. The zero-order valence-electron chi connectivity index (χ0n) is 9.60. The Balaban J connectivity index is 2.11. The minimum atomic E-state index is 0.0675. The highest BCUT2D eigenvalue weighted by atomic mass is 16.2. The summed E-state index contributed by atoms with van der Waals surface area (Å²) in [5.41, 5.74) is 7.34. The third-order valence-electron chi connectivity index (χ3n) is 3.25. The van der Waals surface area contributed by atoms with Crippen LogP contribution in [-0.4, -0.2) is 29.9 Å². The summed E-state index contributed by atoms with van der Waals surface area (Å²) in [5.74, 6) is 0.491. The van der Waals surface area contributed by atoms with Gasteiger partial charge in [0.2, 0.25) is 5.91 Å². The first kappa shape index (κ1) is 11.1. The number of hydrogen-bond donors (Lipinski definition) is 1. The van der Waals surface area contributed by atoms with Gasteiger partial charge in [0.15, 0.2) is 0 Å². The molecule has 1 aliphatic heterocycles. The lowest BCUT2D eigenvalue weighted by Gasteiger charge is -2.15. The van der Waals surface area contributed by atoms with Gasteiger partial charge in [0.25, 0.3) is 0 Å². The predicted octanol–water partition coefficient (Wildman–Crippen LogP) is 1.35. The minimum Gasteiger partial charge on any atom is -0.340 e. The SMILES string of the molecule is CCC(=O)N1C[C@@H](N)[C@H](c2ccccc2)C1. The zero-order valence-corrected chi connectivity index (χ0v) is 9.60. The second kappa shape index (κ2) is 4.66. The van der Waals surface area contributed by atoms with Gasteiger partial charge in [0, 0.05) is 31.5 Å². The summed E-state index contributed by atoms with van der Waals surface area (Å²) < 4.78 is 0. The summed E-state index contributed by atoms with van der Waals surface area (Å²) in [6.07, 6.45) is 0.564. The Bertz CT molecular complexity index is 363. The molecule has 1 fully saturated rings. The molecule has 0 spiro atoms. The monoisotopic (exact) mass is 218 g/mol. The number of hydrogen-bond acceptors (Lipinski definition) is 2.